The molecular weight excluding hydrogens is 180 g/mol. The molecular formula is C4H6Cl2NOP. The van der Waals surface area contributed by atoms with Crippen LogP contribution in [0, 0.1) is 12.3 Å². The Morgan fingerprint density at radius 2 is 2.22 bits per heavy atom. The van der Waals surface area contributed by atoms with Gasteiger partial charge in [0.05, 0.1) is 6.54 Å². The average molecular weight is 186 g/mol. The van der Waals surface area contributed by atoms with E-state index >= 15 is 0 Å². The second kappa shape index (κ2) is 3.49. The van der Waals surface area contributed by atoms with Gasteiger partial charge in [0.25, 0.3) is 0 Å². The standard InChI is InChI=1S/C4H6Cl2NOP/c1-3-4-7(2)9(5,6)8/h1H,4H2,2H3. The number of hydrogen-bond donors (Lipinski definition) is 0. The molecule has 0 aromatic heterocycles. The van der Waals surface area contributed by atoms with E-state index in [9.17, 15) is 4.57 Å². The van der Waals surface area contributed by atoms with Gasteiger partial charge in [0.15, 0.2) is 0 Å². The SMILES string of the molecule is C#CCN(C)P(=O)(Cl)Cl. The minimum atomic E-state index is -3.14. The van der Waals surface area contributed by atoms with Gasteiger partial charge in [-0.15, -0.1) is 6.42 Å². The fourth-order valence-electron chi connectivity index (χ4n) is 0.214. The summed E-state index contributed by atoms with van der Waals surface area (Å²) in [5.41, 5.74) is 0. The lowest BCUT2D eigenvalue weighted by atomic mass is 10.7. The zero-order valence-corrected chi connectivity index (χ0v) is 7.25. The van der Waals surface area contributed by atoms with Crippen molar-refractivity contribution in [1.82, 2.24) is 4.67 Å². The van der Waals surface area contributed by atoms with Crippen molar-refractivity contribution >= 4 is 28.5 Å². The van der Waals surface area contributed by atoms with Gasteiger partial charge >= 0.3 is 6.00 Å². The van der Waals surface area contributed by atoms with E-state index < -0.39 is 6.00 Å². The predicted molar refractivity (Wildman–Crippen MR) is 40.8 cm³/mol. The molecule has 0 atom stereocenters. The van der Waals surface area contributed by atoms with Crippen molar-refractivity contribution in [2.75, 3.05) is 13.6 Å². The summed E-state index contributed by atoms with van der Waals surface area (Å²) in [6.07, 6.45) is 4.90. The smallest absolute Gasteiger partial charge is 0.271 e. The molecule has 0 aromatic rings. The first kappa shape index (κ1) is 9.33. The van der Waals surface area contributed by atoms with Crippen molar-refractivity contribution in [2.24, 2.45) is 0 Å². The van der Waals surface area contributed by atoms with Crippen LogP contribution in [0.3, 0.4) is 0 Å². The molecule has 2 nitrogen and oxygen atoms in total. The molecule has 52 valence electrons. The molecule has 0 amide bonds. The minimum absolute atomic E-state index is 0.199. The summed E-state index contributed by atoms with van der Waals surface area (Å²) in [5, 5.41) is 0. The highest BCUT2D eigenvalue weighted by molar-refractivity contribution is 8.06. The first-order chi connectivity index (χ1) is 3.98. The lowest BCUT2D eigenvalue weighted by molar-refractivity contribution is 0.526. The van der Waals surface area contributed by atoms with Gasteiger partial charge in [0.1, 0.15) is 0 Å². The van der Waals surface area contributed by atoms with Crippen LogP contribution in [-0.4, -0.2) is 18.3 Å². The molecule has 0 rings (SSSR count). The summed E-state index contributed by atoms with van der Waals surface area (Å²) >= 11 is 10.4. The molecule has 0 unspecified atom stereocenters. The van der Waals surface area contributed by atoms with Gasteiger partial charge in [0.2, 0.25) is 0 Å². The van der Waals surface area contributed by atoms with Crippen LogP contribution in [0.4, 0.5) is 0 Å². The molecule has 0 saturated heterocycles. The Balaban J connectivity index is 3.93. The number of terminal acetylenes is 1. The zero-order valence-electron chi connectivity index (χ0n) is 4.84. The summed E-state index contributed by atoms with van der Waals surface area (Å²) in [4.78, 5) is 0. The molecule has 0 spiro atoms. The quantitative estimate of drug-likeness (QED) is 0.486. The summed E-state index contributed by atoms with van der Waals surface area (Å²) in [6.45, 7) is 0.199. The van der Waals surface area contributed by atoms with Gasteiger partial charge in [-0.05, 0) is 29.5 Å². The molecule has 0 aliphatic rings. The maximum atomic E-state index is 10.7. The maximum Gasteiger partial charge on any atom is 0.322 e. The zero-order chi connectivity index (χ0) is 7.49. The van der Waals surface area contributed by atoms with Crippen LogP contribution >= 0.6 is 28.5 Å². The summed E-state index contributed by atoms with van der Waals surface area (Å²) in [6, 6.07) is 0. The van der Waals surface area contributed by atoms with Gasteiger partial charge in [-0.2, -0.15) is 0 Å². The molecule has 0 heterocycles. The van der Waals surface area contributed by atoms with E-state index in [1.54, 1.807) is 0 Å². The molecule has 0 N–H and O–H groups in total. The highest BCUT2D eigenvalue weighted by atomic mass is 35.9. The minimum Gasteiger partial charge on any atom is -0.271 e. The van der Waals surface area contributed by atoms with E-state index in [-0.39, 0.29) is 6.54 Å². The van der Waals surface area contributed by atoms with Gasteiger partial charge in [-0.25, -0.2) is 4.67 Å². The van der Waals surface area contributed by atoms with Crippen molar-refractivity contribution in [3.8, 4) is 12.3 Å². The molecule has 9 heavy (non-hydrogen) atoms. The lowest BCUT2D eigenvalue weighted by Crippen LogP contribution is -2.09. The third-order valence-electron chi connectivity index (χ3n) is 0.718. The van der Waals surface area contributed by atoms with E-state index in [1.165, 1.54) is 11.7 Å². The Bertz CT molecular complexity index is 170. The predicted octanol–water partition coefficient (Wildman–Crippen LogP) is 2.14. The number of rotatable bonds is 2. The first-order valence-corrected chi connectivity index (χ1v) is 5.60. The van der Waals surface area contributed by atoms with E-state index in [1.807, 2.05) is 0 Å². The van der Waals surface area contributed by atoms with Gasteiger partial charge in [0, 0.05) is 0 Å². The van der Waals surface area contributed by atoms with Crippen molar-refractivity contribution < 1.29 is 4.57 Å². The Kier molecular flexibility index (Phi) is 3.61. The molecule has 5 heteroatoms. The maximum absolute atomic E-state index is 10.7. The van der Waals surface area contributed by atoms with Crippen molar-refractivity contribution in [2.45, 2.75) is 0 Å². The second-order valence-electron chi connectivity index (χ2n) is 1.45. The molecule has 0 radical (unpaired) electrons. The fraction of sp³-hybridized carbons (Fsp3) is 0.500. The summed E-state index contributed by atoms with van der Waals surface area (Å²) < 4.78 is 11.9. The van der Waals surface area contributed by atoms with Gasteiger partial charge < -0.3 is 0 Å². The Morgan fingerprint density at radius 3 is 2.33 bits per heavy atom. The topological polar surface area (TPSA) is 20.3 Å². The molecule has 0 bridgehead atoms. The third-order valence-corrected chi connectivity index (χ3v) is 3.20. The first-order valence-electron chi connectivity index (χ1n) is 2.13. The number of halogens is 2. The van der Waals surface area contributed by atoms with Crippen molar-refractivity contribution in [3.63, 3.8) is 0 Å². The summed E-state index contributed by atoms with van der Waals surface area (Å²) in [5.74, 6) is -0.879. The fourth-order valence-corrected chi connectivity index (χ4v) is 0.781. The van der Waals surface area contributed by atoms with Crippen LogP contribution in [0.5, 0.6) is 0 Å². The molecule has 0 saturated carbocycles. The van der Waals surface area contributed by atoms with Crippen LogP contribution in [-0.2, 0) is 4.57 Å². The van der Waals surface area contributed by atoms with E-state index in [0.29, 0.717) is 0 Å². The molecule has 0 aliphatic heterocycles. The second-order valence-corrected chi connectivity index (χ2v) is 6.28. The van der Waals surface area contributed by atoms with Gasteiger partial charge in [-0.1, -0.05) is 5.92 Å². The van der Waals surface area contributed by atoms with Crippen LogP contribution in [0.2, 0.25) is 0 Å². The molecule has 0 aliphatic carbocycles. The molecule has 0 aromatic carbocycles. The number of nitrogens with zero attached hydrogens (tertiary/aromatic N) is 1. The van der Waals surface area contributed by atoms with Crippen LogP contribution < -0.4 is 0 Å². The van der Waals surface area contributed by atoms with E-state index in [2.05, 4.69) is 5.92 Å². The number of hydrogen-bond acceptors (Lipinski definition) is 1. The normalized spacial score (nSPS) is 11.4. The summed E-state index contributed by atoms with van der Waals surface area (Å²) in [7, 11) is 1.50. The van der Waals surface area contributed by atoms with Crippen LogP contribution in [0.15, 0.2) is 0 Å². The van der Waals surface area contributed by atoms with E-state index in [4.69, 9.17) is 28.9 Å². The molecule has 0 fully saturated rings. The van der Waals surface area contributed by atoms with E-state index in [0.717, 1.165) is 0 Å². The highest BCUT2D eigenvalue weighted by Crippen LogP contribution is 2.58. The monoisotopic (exact) mass is 185 g/mol. The third kappa shape index (κ3) is 3.83. The Hall–Kier alpha value is 0.330. The average Bonchev–Trinajstić information content (AvgIpc) is 1.64. The van der Waals surface area contributed by atoms with Crippen molar-refractivity contribution in [3.05, 3.63) is 0 Å². The van der Waals surface area contributed by atoms with Crippen LogP contribution in [0.1, 0.15) is 0 Å². The lowest BCUT2D eigenvalue weighted by Gasteiger charge is -2.12. The van der Waals surface area contributed by atoms with Crippen LogP contribution in [0.25, 0.3) is 0 Å². The Labute approximate surface area is 64.1 Å². The highest BCUT2D eigenvalue weighted by Gasteiger charge is 2.19. The Morgan fingerprint density at radius 1 is 1.78 bits per heavy atom. The largest absolute Gasteiger partial charge is 0.322 e. The van der Waals surface area contributed by atoms with Gasteiger partial charge in [-0.3, -0.25) is 4.57 Å². The van der Waals surface area contributed by atoms with Crippen molar-refractivity contribution in [1.29, 1.82) is 0 Å².